The van der Waals surface area contributed by atoms with Crippen molar-refractivity contribution in [1.82, 2.24) is 0 Å². The molecule has 0 fully saturated rings. The molecule has 0 unspecified atom stereocenters. The Hall–Kier alpha value is -1.44. The Bertz CT molecular complexity index is 779. The summed E-state index contributed by atoms with van der Waals surface area (Å²) in [6.07, 6.45) is 0. The lowest BCUT2D eigenvalue weighted by atomic mass is 10.1. The Morgan fingerprint density at radius 2 is 2.00 bits per heavy atom. The molecule has 0 heterocycles. The maximum Gasteiger partial charge on any atom is 0.238 e. The van der Waals surface area contributed by atoms with Gasteiger partial charge in [-0.3, -0.25) is 0 Å². The summed E-state index contributed by atoms with van der Waals surface area (Å²) in [4.78, 5) is 0.0576. The Labute approximate surface area is 131 Å². The van der Waals surface area contributed by atoms with Crippen LogP contribution in [0, 0.1) is 12.7 Å². The first-order valence-corrected chi connectivity index (χ1v) is 8.43. The average Bonchev–Trinajstić information content (AvgIpc) is 2.40. The number of benzene rings is 2. The van der Waals surface area contributed by atoms with E-state index in [2.05, 4.69) is 21.2 Å². The third kappa shape index (κ3) is 3.81. The molecule has 0 atom stereocenters. The van der Waals surface area contributed by atoms with Gasteiger partial charge in [-0.25, -0.2) is 17.9 Å². The van der Waals surface area contributed by atoms with Gasteiger partial charge in [-0.15, -0.1) is 0 Å². The van der Waals surface area contributed by atoms with E-state index in [0.29, 0.717) is 16.8 Å². The summed E-state index contributed by atoms with van der Waals surface area (Å²) in [6, 6.07) is 9.41. The minimum atomic E-state index is -3.78. The van der Waals surface area contributed by atoms with Gasteiger partial charge in [0.2, 0.25) is 10.0 Å². The molecule has 2 rings (SSSR count). The van der Waals surface area contributed by atoms with Gasteiger partial charge in [0.1, 0.15) is 5.82 Å². The van der Waals surface area contributed by atoms with Crippen LogP contribution in [0.25, 0.3) is 0 Å². The van der Waals surface area contributed by atoms with Crippen molar-refractivity contribution in [2.45, 2.75) is 18.4 Å². The highest BCUT2D eigenvalue weighted by Gasteiger charge is 2.13. The maximum absolute atomic E-state index is 13.7. The van der Waals surface area contributed by atoms with Gasteiger partial charge in [0.15, 0.2) is 0 Å². The van der Waals surface area contributed by atoms with Crippen molar-refractivity contribution in [3.63, 3.8) is 0 Å². The fourth-order valence-electron chi connectivity index (χ4n) is 1.98. The van der Waals surface area contributed by atoms with E-state index in [1.54, 1.807) is 31.2 Å². The molecule has 0 radical (unpaired) electrons. The summed E-state index contributed by atoms with van der Waals surface area (Å²) in [5, 5.41) is 8.18. The number of hydrogen-bond acceptors (Lipinski definition) is 3. The molecule has 2 aromatic carbocycles. The summed E-state index contributed by atoms with van der Waals surface area (Å²) >= 11 is 3.28. The second-order valence-corrected chi connectivity index (χ2v) is 7.01. The molecule has 0 bridgehead atoms. The lowest BCUT2D eigenvalue weighted by Crippen LogP contribution is -2.14. The van der Waals surface area contributed by atoms with Gasteiger partial charge in [0, 0.05) is 22.3 Å². The largest absolute Gasteiger partial charge is 0.381 e. The van der Waals surface area contributed by atoms with E-state index in [9.17, 15) is 12.8 Å². The van der Waals surface area contributed by atoms with E-state index in [0.717, 1.165) is 4.47 Å². The van der Waals surface area contributed by atoms with Crippen LogP contribution in [0.2, 0.25) is 0 Å². The van der Waals surface area contributed by atoms with Gasteiger partial charge in [0.25, 0.3) is 0 Å². The number of nitrogens with two attached hydrogens (primary N) is 1. The number of hydrogen-bond donors (Lipinski definition) is 2. The van der Waals surface area contributed by atoms with Crippen LogP contribution in [-0.4, -0.2) is 8.42 Å². The van der Waals surface area contributed by atoms with Gasteiger partial charge in [0.05, 0.1) is 4.90 Å². The molecule has 0 aromatic heterocycles. The van der Waals surface area contributed by atoms with Crippen LogP contribution in [0.5, 0.6) is 0 Å². The number of rotatable bonds is 4. The number of halogens is 2. The lowest BCUT2D eigenvalue weighted by Gasteiger charge is -2.13. The molecule has 0 aliphatic carbocycles. The van der Waals surface area contributed by atoms with Crippen molar-refractivity contribution in [2.24, 2.45) is 5.14 Å². The molecule has 0 aliphatic rings. The maximum atomic E-state index is 13.7. The van der Waals surface area contributed by atoms with Crippen LogP contribution in [0.1, 0.15) is 11.1 Å². The standard InChI is InChI=1S/C14H14BrFN2O2S/c1-9-13(3-2-4-14(9)21(17,19)20)18-8-10-7-11(15)5-6-12(10)16/h2-7,18H,8H2,1H3,(H2,17,19,20). The van der Waals surface area contributed by atoms with Crippen LogP contribution in [-0.2, 0) is 16.6 Å². The molecule has 0 saturated carbocycles. The number of primary sulfonamides is 1. The molecular weight excluding hydrogens is 359 g/mol. The van der Waals surface area contributed by atoms with Crippen LogP contribution < -0.4 is 10.5 Å². The third-order valence-electron chi connectivity index (χ3n) is 3.07. The minimum Gasteiger partial charge on any atom is -0.381 e. The highest BCUT2D eigenvalue weighted by Crippen LogP contribution is 2.23. The second kappa shape index (κ2) is 6.13. The smallest absolute Gasteiger partial charge is 0.238 e. The van der Waals surface area contributed by atoms with E-state index in [4.69, 9.17) is 5.14 Å². The predicted octanol–water partition coefficient (Wildman–Crippen LogP) is 3.16. The van der Waals surface area contributed by atoms with Gasteiger partial charge in [-0.2, -0.15) is 0 Å². The monoisotopic (exact) mass is 372 g/mol. The molecule has 0 aliphatic heterocycles. The van der Waals surface area contributed by atoms with E-state index < -0.39 is 10.0 Å². The summed E-state index contributed by atoms with van der Waals surface area (Å²) in [7, 11) is -3.78. The summed E-state index contributed by atoms with van der Waals surface area (Å²) < 4.78 is 37.4. The van der Waals surface area contributed by atoms with Crippen molar-refractivity contribution in [3.05, 3.63) is 57.8 Å². The topological polar surface area (TPSA) is 72.2 Å². The van der Waals surface area contributed by atoms with Crippen molar-refractivity contribution in [1.29, 1.82) is 0 Å². The highest BCUT2D eigenvalue weighted by atomic mass is 79.9. The Morgan fingerprint density at radius 3 is 2.67 bits per heavy atom. The van der Waals surface area contributed by atoms with Crippen molar-refractivity contribution in [2.75, 3.05) is 5.32 Å². The van der Waals surface area contributed by atoms with Crippen molar-refractivity contribution < 1.29 is 12.8 Å². The van der Waals surface area contributed by atoms with E-state index >= 15 is 0 Å². The van der Waals surface area contributed by atoms with Crippen LogP contribution in [0.3, 0.4) is 0 Å². The quantitative estimate of drug-likeness (QED) is 0.865. The number of sulfonamides is 1. The SMILES string of the molecule is Cc1c(NCc2cc(Br)ccc2F)cccc1S(N)(=O)=O. The molecular formula is C14H14BrFN2O2S. The molecule has 7 heteroatoms. The molecule has 4 nitrogen and oxygen atoms in total. The third-order valence-corrected chi connectivity index (χ3v) is 4.62. The first-order valence-electron chi connectivity index (χ1n) is 6.09. The summed E-state index contributed by atoms with van der Waals surface area (Å²) in [5.74, 6) is -0.328. The highest BCUT2D eigenvalue weighted by molar-refractivity contribution is 9.10. The first-order chi connectivity index (χ1) is 9.79. The van der Waals surface area contributed by atoms with Gasteiger partial charge < -0.3 is 5.32 Å². The second-order valence-electron chi connectivity index (χ2n) is 4.56. The molecule has 0 spiro atoms. The van der Waals surface area contributed by atoms with Crippen molar-refractivity contribution >= 4 is 31.6 Å². The Morgan fingerprint density at radius 1 is 1.29 bits per heavy atom. The Balaban J connectivity index is 2.27. The zero-order chi connectivity index (χ0) is 15.6. The zero-order valence-electron chi connectivity index (χ0n) is 11.2. The van der Waals surface area contributed by atoms with Gasteiger partial charge >= 0.3 is 0 Å². The fraction of sp³-hybridized carbons (Fsp3) is 0.143. The molecule has 21 heavy (non-hydrogen) atoms. The molecule has 112 valence electrons. The van der Waals surface area contributed by atoms with E-state index in [1.165, 1.54) is 12.1 Å². The Kier molecular flexibility index (Phi) is 4.65. The van der Waals surface area contributed by atoms with Crippen LogP contribution in [0.4, 0.5) is 10.1 Å². The van der Waals surface area contributed by atoms with Crippen LogP contribution in [0.15, 0.2) is 45.8 Å². The first kappa shape index (κ1) is 15.9. The molecule has 3 N–H and O–H groups in total. The molecule has 0 amide bonds. The van der Waals surface area contributed by atoms with Crippen molar-refractivity contribution in [3.8, 4) is 0 Å². The van der Waals surface area contributed by atoms with Gasteiger partial charge in [-0.1, -0.05) is 22.0 Å². The zero-order valence-corrected chi connectivity index (χ0v) is 13.6. The number of nitrogens with one attached hydrogen (secondary N) is 1. The average molecular weight is 373 g/mol. The number of anilines is 1. The predicted molar refractivity (Wildman–Crippen MR) is 84.0 cm³/mol. The fourth-order valence-corrected chi connectivity index (χ4v) is 3.20. The minimum absolute atomic E-state index is 0.0576. The van der Waals surface area contributed by atoms with E-state index in [1.807, 2.05) is 0 Å². The normalized spacial score (nSPS) is 11.4. The van der Waals surface area contributed by atoms with E-state index in [-0.39, 0.29) is 17.3 Å². The molecule has 0 saturated heterocycles. The van der Waals surface area contributed by atoms with Gasteiger partial charge in [-0.05, 0) is 42.8 Å². The summed E-state index contributed by atoms with van der Waals surface area (Å²) in [5.41, 5.74) is 1.58. The summed E-state index contributed by atoms with van der Waals surface area (Å²) in [6.45, 7) is 1.89. The van der Waals surface area contributed by atoms with Crippen LogP contribution >= 0.6 is 15.9 Å². The lowest BCUT2D eigenvalue weighted by molar-refractivity contribution is 0.597. The molecule has 2 aromatic rings.